The summed E-state index contributed by atoms with van der Waals surface area (Å²) in [6.45, 7) is 2.89. The number of amides is 1. The van der Waals surface area contributed by atoms with Gasteiger partial charge in [0.15, 0.2) is 0 Å². The molecule has 1 heterocycles. The van der Waals surface area contributed by atoms with Crippen LogP contribution in [0.1, 0.15) is 23.8 Å². The van der Waals surface area contributed by atoms with E-state index in [1.807, 2.05) is 21.0 Å². The van der Waals surface area contributed by atoms with Crippen LogP contribution in [0, 0.1) is 0 Å². The van der Waals surface area contributed by atoms with Gasteiger partial charge in [-0.05, 0) is 34.0 Å². The fraction of sp³-hybridized carbons (Fsp3) is 0.545. The molecule has 1 aromatic heterocycles. The van der Waals surface area contributed by atoms with Crippen LogP contribution in [0.15, 0.2) is 12.4 Å². The van der Waals surface area contributed by atoms with Crippen molar-refractivity contribution in [3.05, 3.63) is 23.2 Å². The van der Waals surface area contributed by atoms with Gasteiger partial charge in [0.1, 0.15) is 10.8 Å². The maximum absolute atomic E-state index is 11.7. The smallest absolute Gasteiger partial charge is 0.271 e. The van der Waals surface area contributed by atoms with Crippen molar-refractivity contribution in [2.24, 2.45) is 0 Å². The van der Waals surface area contributed by atoms with Crippen LogP contribution >= 0.6 is 11.6 Å². The molecule has 1 amide bonds. The third-order valence-corrected chi connectivity index (χ3v) is 2.43. The lowest BCUT2D eigenvalue weighted by Gasteiger charge is -2.16. The van der Waals surface area contributed by atoms with Gasteiger partial charge in [0, 0.05) is 6.04 Å². The summed E-state index contributed by atoms with van der Waals surface area (Å²) >= 11 is 5.60. The first-order valence-electron chi connectivity index (χ1n) is 5.42. The molecule has 0 aromatic carbocycles. The zero-order chi connectivity index (χ0) is 12.8. The van der Waals surface area contributed by atoms with E-state index >= 15 is 0 Å². The highest BCUT2D eigenvalue weighted by Crippen LogP contribution is 2.02. The maximum Gasteiger partial charge on any atom is 0.271 e. The Labute approximate surface area is 106 Å². The summed E-state index contributed by atoms with van der Waals surface area (Å²) in [5.41, 5.74) is 0.283. The third kappa shape index (κ3) is 5.10. The Kier molecular flexibility index (Phi) is 5.31. The van der Waals surface area contributed by atoms with Gasteiger partial charge in [0.25, 0.3) is 5.91 Å². The van der Waals surface area contributed by atoms with E-state index in [0.29, 0.717) is 0 Å². The highest BCUT2D eigenvalue weighted by Gasteiger charge is 2.11. The van der Waals surface area contributed by atoms with Crippen molar-refractivity contribution >= 4 is 17.5 Å². The summed E-state index contributed by atoms with van der Waals surface area (Å²) in [5.74, 6) is -0.222. The van der Waals surface area contributed by atoms with Crippen molar-refractivity contribution < 1.29 is 4.79 Å². The van der Waals surface area contributed by atoms with E-state index in [-0.39, 0.29) is 22.8 Å². The summed E-state index contributed by atoms with van der Waals surface area (Å²) in [4.78, 5) is 21.5. The van der Waals surface area contributed by atoms with Gasteiger partial charge < -0.3 is 10.2 Å². The van der Waals surface area contributed by atoms with Gasteiger partial charge in [-0.2, -0.15) is 0 Å². The molecule has 1 aromatic rings. The normalized spacial score (nSPS) is 12.5. The molecule has 0 saturated carbocycles. The minimum atomic E-state index is -0.222. The largest absolute Gasteiger partial charge is 0.348 e. The van der Waals surface area contributed by atoms with Crippen LogP contribution in [0.5, 0.6) is 0 Å². The van der Waals surface area contributed by atoms with E-state index in [1.165, 1.54) is 12.4 Å². The van der Waals surface area contributed by atoms with Crippen molar-refractivity contribution in [1.29, 1.82) is 0 Å². The van der Waals surface area contributed by atoms with Crippen LogP contribution < -0.4 is 5.32 Å². The van der Waals surface area contributed by atoms with Gasteiger partial charge in [-0.15, -0.1) is 0 Å². The second-order valence-corrected chi connectivity index (χ2v) is 4.58. The predicted octanol–water partition coefficient (Wildman–Crippen LogP) is 1.20. The Morgan fingerprint density at radius 1 is 1.47 bits per heavy atom. The van der Waals surface area contributed by atoms with Crippen molar-refractivity contribution in [3.8, 4) is 0 Å². The molecule has 17 heavy (non-hydrogen) atoms. The number of hydrogen-bond donors (Lipinski definition) is 1. The summed E-state index contributed by atoms with van der Waals surface area (Å²) in [5, 5.41) is 3.14. The Morgan fingerprint density at radius 3 is 2.71 bits per heavy atom. The van der Waals surface area contributed by atoms with Gasteiger partial charge in [-0.3, -0.25) is 4.79 Å². The van der Waals surface area contributed by atoms with E-state index in [4.69, 9.17) is 11.6 Å². The first-order chi connectivity index (χ1) is 7.99. The van der Waals surface area contributed by atoms with Gasteiger partial charge >= 0.3 is 0 Å². The van der Waals surface area contributed by atoms with Crippen molar-refractivity contribution in [1.82, 2.24) is 20.2 Å². The van der Waals surface area contributed by atoms with Crippen molar-refractivity contribution in [2.75, 3.05) is 20.6 Å². The first kappa shape index (κ1) is 13.9. The molecule has 5 nitrogen and oxygen atoms in total. The molecule has 0 bridgehead atoms. The van der Waals surface area contributed by atoms with Gasteiger partial charge in [0.2, 0.25) is 0 Å². The van der Waals surface area contributed by atoms with Crippen LogP contribution in [-0.2, 0) is 0 Å². The number of rotatable bonds is 5. The lowest BCUT2D eigenvalue weighted by atomic mass is 10.2. The monoisotopic (exact) mass is 256 g/mol. The second-order valence-electron chi connectivity index (χ2n) is 4.19. The standard InChI is InChI=1S/C11H17ClN4O/c1-8(4-5-16(2)3)15-11(17)9-6-14-10(12)7-13-9/h6-8H,4-5H2,1-3H3,(H,15,17). The van der Waals surface area contributed by atoms with Crippen LogP contribution in [0.2, 0.25) is 5.15 Å². The van der Waals surface area contributed by atoms with E-state index in [2.05, 4.69) is 20.2 Å². The molecular weight excluding hydrogens is 240 g/mol. The van der Waals surface area contributed by atoms with E-state index < -0.39 is 0 Å². The molecule has 0 aliphatic rings. The molecule has 6 heteroatoms. The average molecular weight is 257 g/mol. The second kappa shape index (κ2) is 6.51. The van der Waals surface area contributed by atoms with Gasteiger partial charge in [-0.25, -0.2) is 9.97 Å². The van der Waals surface area contributed by atoms with E-state index in [9.17, 15) is 4.79 Å². The molecule has 0 radical (unpaired) electrons. The number of aromatic nitrogens is 2. The van der Waals surface area contributed by atoms with Crippen LogP contribution in [0.4, 0.5) is 0 Å². The topological polar surface area (TPSA) is 58.1 Å². The molecule has 0 saturated heterocycles. The summed E-state index contributed by atoms with van der Waals surface area (Å²) in [6.07, 6.45) is 3.62. The minimum absolute atomic E-state index is 0.0994. The number of hydrogen-bond acceptors (Lipinski definition) is 4. The zero-order valence-corrected chi connectivity index (χ0v) is 11.0. The fourth-order valence-electron chi connectivity index (χ4n) is 1.25. The molecular formula is C11H17ClN4O. The lowest BCUT2D eigenvalue weighted by Crippen LogP contribution is -2.35. The lowest BCUT2D eigenvalue weighted by molar-refractivity contribution is 0.0931. The number of carbonyl (C=O) groups is 1. The summed E-state index contributed by atoms with van der Waals surface area (Å²) in [6, 6.07) is 0.0994. The predicted molar refractivity (Wildman–Crippen MR) is 67.1 cm³/mol. The van der Waals surface area contributed by atoms with Gasteiger partial charge in [0.05, 0.1) is 12.4 Å². The Hall–Kier alpha value is -1.20. The number of nitrogens with one attached hydrogen (secondary N) is 1. The molecule has 1 atom stereocenters. The summed E-state index contributed by atoms with van der Waals surface area (Å²) < 4.78 is 0. The maximum atomic E-state index is 11.7. The molecule has 0 aliphatic carbocycles. The van der Waals surface area contributed by atoms with Crippen molar-refractivity contribution in [3.63, 3.8) is 0 Å². The van der Waals surface area contributed by atoms with Gasteiger partial charge in [-0.1, -0.05) is 11.6 Å². The molecule has 0 aliphatic heterocycles. The highest BCUT2D eigenvalue weighted by atomic mass is 35.5. The fourth-order valence-corrected chi connectivity index (χ4v) is 1.35. The SMILES string of the molecule is CC(CCN(C)C)NC(=O)c1cnc(Cl)cn1. The molecule has 94 valence electrons. The molecule has 1 rings (SSSR count). The Balaban J connectivity index is 2.46. The summed E-state index contributed by atoms with van der Waals surface area (Å²) in [7, 11) is 4.00. The quantitative estimate of drug-likeness (QED) is 0.860. The van der Waals surface area contributed by atoms with Crippen LogP contribution in [-0.4, -0.2) is 47.5 Å². The zero-order valence-electron chi connectivity index (χ0n) is 10.3. The number of nitrogens with zero attached hydrogens (tertiary/aromatic N) is 3. The molecule has 1 unspecified atom stereocenters. The minimum Gasteiger partial charge on any atom is -0.348 e. The molecule has 0 spiro atoms. The first-order valence-corrected chi connectivity index (χ1v) is 5.80. The average Bonchev–Trinajstić information content (AvgIpc) is 2.27. The van der Waals surface area contributed by atoms with E-state index in [0.717, 1.165) is 13.0 Å². The number of carbonyl (C=O) groups excluding carboxylic acids is 1. The van der Waals surface area contributed by atoms with Crippen molar-refractivity contribution in [2.45, 2.75) is 19.4 Å². The van der Waals surface area contributed by atoms with E-state index in [1.54, 1.807) is 0 Å². The third-order valence-electron chi connectivity index (χ3n) is 2.24. The molecule has 0 fully saturated rings. The van der Waals surface area contributed by atoms with Crippen LogP contribution in [0.25, 0.3) is 0 Å². The Morgan fingerprint density at radius 2 is 2.18 bits per heavy atom. The Bertz CT molecular complexity index is 366. The van der Waals surface area contributed by atoms with Crippen LogP contribution in [0.3, 0.4) is 0 Å². The highest BCUT2D eigenvalue weighted by molar-refractivity contribution is 6.29. The number of halogens is 1. The molecule has 1 N–H and O–H groups in total.